The van der Waals surface area contributed by atoms with Crippen LogP contribution in [0.5, 0.6) is 0 Å². The van der Waals surface area contributed by atoms with Crippen LogP contribution in [0.3, 0.4) is 0 Å². The molecule has 2 aromatic heterocycles. The van der Waals surface area contributed by atoms with E-state index in [0.717, 1.165) is 47.4 Å². The maximum atomic E-state index is 5.99. The van der Waals surface area contributed by atoms with E-state index in [1.165, 1.54) is 18.0 Å². The van der Waals surface area contributed by atoms with Crippen LogP contribution in [-0.4, -0.2) is 29.1 Å². The summed E-state index contributed by atoms with van der Waals surface area (Å²) in [6, 6.07) is 0. The first-order chi connectivity index (χ1) is 9.74. The summed E-state index contributed by atoms with van der Waals surface area (Å²) in [5.74, 6) is 1.13. The van der Waals surface area contributed by atoms with Crippen LogP contribution in [-0.2, 0) is 4.74 Å². The maximum absolute atomic E-state index is 5.99. The molecule has 0 aliphatic carbocycles. The summed E-state index contributed by atoms with van der Waals surface area (Å²) in [5, 5.41) is 7.46. The zero-order valence-electron chi connectivity index (χ0n) is 11.4. The van der Waals surface area contributed by atoms with Crippen molar-refractivity contribution in [2.75, 3.05) is 30.8 Å². The highest BCUT2D eigenvalue weighted by Crippen LogP contribution is 2.38. The third kappa shape index (κ3) is 2.94. The van der Waals surface area contributed by atoms with Crippen LogP contribution >= 0.6 is 22.9 Å². The average Bonchev–Trinajstić information content (AvgIpc) is 3.03. The Kier molecular flexibility index (Phi) is 4.18. The number of ether oxygens (including phenoxy) is 1. The molecule has 0 spiro atoms. The minimum absolute atomic E-state index is 0.562. The van der Waals surface area contributed by atoms with Crippen molar-refractivity contribution in [2.45, 2.75) is 19.8 Å². The molecule has 0 aromatic carbocycles. The molecular formula is C13H18N4OS2. The van der Waals surface area contributed by atoms with Crippen molar-refractivity contribution in [3.8, 4) is 10.6 Å². The summed E-state index contributed by atoms with van der Waals surface area (Å²) < 4.78 is 9.77. The molecule has 5 nitrogen and oxygen atoms in total. The molecule has 1 atom stereocenters. The van der Waals surface area contributed by atoms with E-state index >= 15 is 0 Å². The molecule has 20 heavy (non-hydrogen) atoms. The fraction of sp³-hybridized carbons (Fsp3) is 0.538. The Bertz CT molecular complexity index is 575. The van der Waals surface area contributed by atoms with Gasteiger partial charge in [-0.05, 0) is 37.2 Å². The zero-order valence-corrected chi connectivity index (χ0v) is 13.0. The number of thiazole rings is 1. The van der Waals surface area contributed by atoms with Gasteiger partial charge >= 0.3 is 0 Å². The highest BCUT2D eigenvalue weighted by Gasteiger charge is 2.19. The fourth-order valence-corrected chi connectivity index (χ4v) is 3.95. The van der Waals surface area contributed by atoms with Crippen molar-refractivity contribution in [3.05, 3.63) is 11.1 Å². The molecule has 108 valence electrons. The van der Waals surface area contributed by atoms with Crippen molar-refractivity contribution in [3.63, 3.8) is 0 Å². The van der Waals surface area contributed by atoms with E-state index in [4.69, 9.17) is 10.5 Å². The summed E-state index contributed by atoms with van der Waals surface area (Å²) in [4.78, 5) is 4.51. The van der Waals surface area contributed by atoms with Crippen LogP contribution in [0.1, 0.15) is 18.5 Å². The molecule has 3 N–H and O–H groups in total. The molecule has 1 unspecified atom stereocenters. The van der Waals surface area contributed by atoms with E-state index in [0.29, 0.717) is 11.7 Å². The van der Waals surface area contributed by atoms with Crippen LogP contribution < -0.4 is 11.1 Å². The number of nitrogens with zero attached hydrogens (tertiary/aromatic N) is 2. The molecule has 1 saturated heterocycles. The number of aromatic nitrogens is 2. The topological polar surface area (TPSA) is 73.1 Å². The van der Waals surface area contributed by atoms with Gasteiger partial charge in [0.15, 0.2) is 0 Å². The first kappa shape index (κ1) is 13.8. The van der Waals surface area contributed by atoms with E-state index < -0.39 is 0 Å². The van der Waals surface area contributed by atoms with Crippen LogP contribution in [0.4, 0.5) is 10.8 Å². The van der Waals surface area contributed by atoms with Gasteiger partial charge in [-0.15, -0.1) is 11.3 Å². The molecule has 3 heterocycles. The summed E-state index contributed by atoms with van der Waals surface area (Å²) in [7, 11) is 0. The van der Waals surface area contributed by atoms with Gasteiger partial charge in [-0.25, -0.2) is 4.98 Å². The van der Waals surface area contributed by atoms with E-state index in [9.17, 15) is 0 Å². The molecule has 0 saturated carbocycles. The van der Waals surface area contributed by atoms with Crippen LogP contribution in [0, 0.1) is 12.8 Å². The second-order valence-electron chi connectivity index (χ2n) is 5.03. The van der Waals surface area contributed by atoms with Gasteiger partial charge in [0.05, 0.1) is 12.2 Å². The Labute approximate surface area is 126 Å². The van der Waals surface area contributed by atoms with Crippen LogP contribution in [0.2, 0.25) is 0 Å². The van der Waals surface area contributed by atoms with Gasteiger partial charge in [0.1, 0.15) is 15.8 Å². The predicted octanol–water partition coefficient (Wildman–Crippen LogP) is 3.00. The summed E-state index contributed by atoms with van der Waals surface area (Å²) >= 11 is 3.02. The van der Waals surface area contributed by atoms with Crippen molar-refractivity contribution >= 4 is 33.7 Å². The van der Waals surface area contributed by atoms with Gasteiger partial charge in [0.2, 0.25) is 0 Å². The Morgan fingerprint density at radius 3 is 3.15 bits per heavy atom. The highest BCUT2D eigenvalue weighted by atomic mass is 32.1. The number of nitrogens with two attached hydrogens (primary N) is 1. The SMILES string of the molecule is Cc1csc(-c2c(N)nsc2NCC2CCCOC2)n1. The Morgan fingerprint density at radius 1 is 1.55 bits per heavy atom. The normalized spacial score (nSPS) is 19.1. The van der Waals surface area contributed by atoms with Crippen LogP contribution in [0.25, 0.3) is 10.6 Å². The lowest BCUT2D eigenvalue weighted by Gasteiger charge is -2.22. The van der Waals surface area contributed by atoms with Crippen molar-refractivity contribution in [1.29, 1.82) is 0 Å². The second-order valence-corrected chi connectivity index (χ2v) is 6.66. The molecule has 1 aliphatic heterocycles. The summed E-state index contributed by atoms with van der Waals surface area (Å²) in [5.41, 5.74) is 7.96. The standard InChI is InChI=1S/C13H18N4OS2/c1-8-7-19-13(16-8)10-11(14)17-20-12(10)15-5-9-3-2-4-18-6-9/h7,9,15H,2-6H2,1H3,(H2,14,17). The minimum Gasteiger partial charge on any atom is -0.382 e. The molecule has 0 bridgehead atoms. The van der Waals surface area contributed by atoms with E-state index in [1.54, 1.807) is 11.3 Å². The quantitative estimate of drug-likeness (QED) is 0.908. The number of anilines is 2. The fourth-order valence-electron chi connectivity index (χ4n) is 2.30. The molecule has 0 amide bonds. The number of hydrogen-bond donors (Lipinski definition) is 2. The molecular weight excluding hydrogens is 292 g/mol. The number of nitrogens with one attached hydrogen (secondary N) is 1. The molecule has 7 heteroatoms. The summed E-state index contributed by atoms with van der Waals surface area (Å²) in [6.45, 7) is 4.63. The smallest absolute Gasteiger partial charge is 0.149 e. The monoisotopic (exact) mass is 310 g/mol. The number of rotatable bonds is 4. The third-order valence-electron chi connectivity index (χ3n) is 3.36. The predicted molar refractivity (Wildman–Crippen MR) is 84.4 cm³/mol. The van der Waals surface area contributed by atoms with Gasteiger partial charge in [-0.3, -0.25) is 0 Å². The van der Waals surface area contributed by atoms with Gasteiger partial charge in [-0.1, -0.05) is 0 Å². The number of aryl methyl sites for hydroxylation is 1. The Balaban J connectivity index is 1.73. The lowest BCUT2D eigenvalue weighted by Crippen LogP contribution is -2.24. The minimum atomic E-state index is 0.562. The second kappa shape index (κ2) is 6.07. The lowest BCUT2D eigenvalue weighted by molar-refractivity contribution is 0.0595. The molecule has 0 radical (unpaired) electrons. The maximum Gasteiger partial charge on any atom is 0.149 e. The van der Waals surface area contributed by atoms with E-state index in [-0.39, 0.29) is 0 Å². The summed E-state index contributed by atoms with van der Waals surface area (Å²) in [6.07, 6.45) is 2.36. The number of nitrogen functional groups attached to an aromatic ring is 1. The van der Waals surface area contributed by atoms with E-state index in [1.807, 2.05) is 12.3 Å². The molecule has 3 rings (SSSR count). The first-order valence-electron chi connectivity index (χ1n) is 6.73. The van der Waals surface area contributed by atoms with Crippen molar-refractivity contribution < 1.29 is 4.74 Å². The molecule has 1 fully saturated rings. The molecule has 1 aliphatic rings. The largest absolute Gasteiger partial charge is 0.382 e. The van der Waals surface area contributed by atoms with Crippen molar-refractivity contribution in [2.24, 2.45) is 5.92 Å². The van der Waals surface area contributed by atoms with Gasteiger partial charge in [0.25, 0.3) is 0 Å². The first-order valence-corrected chi connectivity index (χ1v) is 8.38. The molecule has 2 aromatic rings. The highest BCUT2D eigenvalue weighted by molar-refractivity contribution is 7.15. The van der Waals surface area contributed by atoms with Gasteiger partial charge < -0.3 is 15.8 Å². The van der Waals surface area contributed by atoms with Crippen LogP contribution in [0.15, 0.2) is 5.38 Å². The zero-order chi connectivity index (χ0) is 13.9. The van der Waals surface area contributed by atoms with Crippen molar-refractivity contribution in [1.82, 2.24) is 9.36 Å². The number of hydrogen-bond acceptors (Lipinski definition) is 7. The van der Waals surface area contributed by atoms with Gasteiger partial charge in [0, 0.05) is 24.2 Å². The lowest BCUT2D eigenvalue weighted by atomic mass is 10.0. The van der Waals surface area contributed by atoms with E-state index in [2.05, 4.69) is 14.7 Å². The third-order valence-corrected chi connectivity index (χ3v) is 5.15. The average molecular weight is 310 g/mol. The van der Waals surface area contributed by atoms with Gasteiger partial charge in [-0.2, -0.15) is 4.37 Å². The Morgan fingerprint density at radius 2 is 2.45 bits per heavy atom. The Hall–Kier alpha value is -1.18.